The fraction of sp³-hybridized carbons (Fsp3) is 0.400. The Kier molecular flexibility index (Phi) is 4.69. The summed E-state index contributed by atoms with van der Waals surface area (Å²) in [6.07, 6.45) is 2.58. The number of carbonyl (C=O) groups excluding carboxylic acids is 1. The van der Waals surface area contributed by atoms with E-state index < -0.39 is 0 Å². The number of hydrogen-bond donors (Lipinski definition) is 1. The number of thioether (sulfide) groups is 1. The Hall–Kier alpha value is -1.53. The van der Waals surface area contributed by atoms with Crippen LogP contribution in [0.25, 0.3) is 0 Å². The van der Waals surface area contributed by atoms with Crippen molar-refractivity contribution in [3.8, 4) is 0 Å². The predicted molar refractivity (Wildman–Crippen MR) is 88.4 cm³/mol. The van der Waals surface area contributed by atoms with Crippen LogP contribution in [0.5, 0.6) is 0 Å². The molecular weight excluding hydrogens is 320 g/mol. The number of aromatic amines is 1. The smallest absolute Gasteiger partial charge is 0.240 e. The maximum atomic E-state index is 12.7. The molecule has 5 nitrogen and oxygen atoms in total. The molecule has 116 valence electrons. The summed E-state index contributed by atoms with van der Waals surface area (Å²) < 4.78 is 0. The average Bonchev–Trinajstić information content (AvgIpc) is 2.98. The highest BCUT2D eigenvalue weighted by Crippen LogP contribution is 2.33. The van der Waals surface area contributed by atoms with E-state index in [9.17, 15) is 4.79 Å². The van der Waals surface area contributed by atoms with Crippen LogP contribution in [-0.4, -0.2) is 32.9 Å². The zero-order valence-electron chi connectivity index (χ0n) is 12.3. The van der Waals surface area contributed by atoms with E-state index >= 15 is 0 Å². The molecule has 7 heteroatoms. The number of aryl methyl sites for hydroxylation is 1. The van der Waals surface area contributed by atoms with Crippen LogP contribution < -0.4 is 4.90 Å². The molecule has 1 atom stereocenters. The van der Waals surface area contributed by atoms with Crippen molar-refractivity contribution in [1.82, 2.24) is 15.2 Å². The molecule has 1 aromatic carbocycles. The largest absolute Gasteiger partial charge is 0.310 e. The quantitative estimate of drug-likeness (QED) is 0.930. The van der Waals surface area contributed by atoms with E-state index in [0.717, 1.165) is 30.8 Å². The minimum atomic E-state index is -0.162. The van der Waals surface area contributed by atoms with Crippen LogP contribution in [0.1, 0.15) is 25.6 Å². The molecule has 1 N–H and O–H groups in total. The van der Waals surface area contributed by atoms with Gasteiger partial charge in [0.1, 0.15) is 5.82 Å². The second-order valence-corrected chi connectivity index (χ2v) is 6.69. The zero-order valence-corrected chi connectivity index (χ0v) is 13.8. The van der Waals surface area contributed by atoms with Gasteiger partial charge in [-0.3, -0.25) is 9.89 Å². The Morgan fingerprint density at radius 3 is 3.00 bits per heavy atom. The van der Waals surface area contributed by atoms with Gasteiger partial charge in [0.25, 0.3) is 0 Å². The molecule has 22 heavy (non-hydrogen) atoms. The summed E-state index contributed by atoms with van der Waals surface area (Å²) in [6, 6.07) is 7.46. The summed E-state index contributed by atoms with van der Waals surface area (Å²) in [5.41, 5.74) is 0.781. The third kappa shape index (κ3) is 3.13. The summed E-state index contributed by atoms with van der Waals surface area (Å²) in [6.45, 7) is 2.72. The monoisotopic (exact) mass is 336 g/mol. The van der Waals surface area contributed by atoms with Gasteiger partial charge in [-0.1, -0.05) is 42.4 Å². The SMILES string of the molecule is CCc1nc(SC2CCCN(c3ccccc3Cl)C2=O)n[nH]1. The molecular formula is C15H17ClN4OS. The van der Waals surface area contributed by atoms with Crippen molar-refractivity contribution in [2.75, 3.05) is 11.4 Å². The normalized spacial score (nSPS) is 18.7. The van der Waals surface area contributed by atoms with Gasteiger partial charge in [0.15, 0.2) is 0 Å². The molecule has 3 rings (SSSR count). The van der Waals surface area contributed by atoms with Crippen LogP contribution in [0, 0.1) is 0 Å². The number of nitrogens with zero attached hydrogens (tertiary/aromatic N) is 3. The first-order valence-corrected chi connectivity index (χ1v) is 8.58. The molecule has 2 aromatic rings. The minimum absolute atomic E-state index is 0.0761. The van der Waals surface area contributed by atoms with Gasteiger partial charge in [-0.15, -0.1) is 5.10 Å². The molecule has 1 fully saturated rings. The fourth-order valence-corrected chi connectivity index (χ4v) is 3.74. The highest BCUT2D eigenvalue weighted by Gasteiger charge is 2.32. The lowest BCUT2D eigenvalue weighted by molar-refractivity contribution is -0.119. The van der Waals surface area contributed by atoms with Gasteiger partial charge in [-0.2, -0.15) is 0 Å². The summed E-state index contributed by atoms with van der Waals surface area (Å²) in [5.74, 6) is 0.918. The maximum Gasteiger partial charge on any atom is 0.240 e. The summed E-state index contributed by atoms with van der Waals surface area (Å²) in [5, 5.41) is 8.12. The Labute approximate surface area is 138 Å². The number of aromatic nitrogens is 3. The van der Waals surface area contributed by atoms with Crippen LogP contribution >= 0.6 is 23.4 Å². The van der Waals surface area contributed by atoms with Crippen LogP contribution in [-0.2, 0) is 11.2 Å². The van der Waals surface area contributed by atoms with E-state index in [2.05, 4.69) is 15.2 Å². The van der Waals surface area contributed by atoms with Crippen molar-refractivity contribution in [3.63, 3.8) is 0 Å². The van der Waals surface area contributed by atoms with E-state index in [1.165, 1.54) is 11.8 Å². The molecule has 0 aliphatic carbocycles. The number of carbonyl (C=O) groups is 1. The summed E-state index contributed by atoms with van der Waals surface area (Å²) in [4.78, 5) is 18.9. The number of halogens is 1. The van der Waals surface area contributed by atoms with Gasteiger partial charge < -0.3 is 4.90 Å². The first kappa shape index (κ1) is 15.4. The molecule has 0 spiro atoms. The number of amides is 1. The molecule has 2 heterocycles. The average molecular weight is 337 g/mol. The highest BCUT2D eigenvalue weighted by atomic mass is 35.5. The molecule has 1 saturated heterocycles. The van der Waals surface area contributed by atoms with E-state index in [1.54, 1.807) is 4.90 Å². The lowest BCUT2D eigenvalue weighted by Gasteiger charge is -2.32. The van der Waals surface area contributed by atoms with Crippen molar-refractivity contribution in [2.24, 2.45) is 0 Å². The van der Waals surface area contributed by atoms with E-state index in [0.29, 0.717) is 16.7 Å². The number of piperidine rings is 1. The topological polar surface area (TPSA) is 61.9 Å². The molecule has 0 saturated carbocycles. The van der Waals surface area contributed by atoms with Gasteiger partial charge in [-0.05, 0) is 25.0 Å². The molecule has 1 aliphatic heterocycles. The van der Waals surface area contributed by atoms with Crippen molar-refractivity contribution in [2.45, 2.75) is 36.6 Å². The third-order valence-corrected chi connectivity index (χ3v) is 5.06. The van der Waals surface area contributed by atoms with Crippen molar-refractivity contribution in [1.29, 1.82) is 0 Å². The van der Waals surface area contributed by atoms with E-state index in [4.69, 9.17) is 11.6 Å². The van der Waals surface area contributed by atoms with E-state index in [1.807, 2.05) is 31.2 Å². The minimum Gasteiger partial charge on any atom is -0.310 e. The number of hydrogen-bond acceptors (Lipinski definition) is 4. The first-order chi connectivity index (χ1) is 10.7. The Balaban J connectivity index is 1.76. The molecule has 1 unspecified atom stereocenters. The Morgan fingerprint density at radius 2 is 2.27 bits per heavy atom. The number of para-hydroxylation sites is 1. The molecule has 0 radical (unpaired) electrons. The van der Waals surface area contributed by atoms with Crippen LogP contribution in [0.4, 0.5) is 5.69 Å². The standard InChI is InChI=1S/C15H17ClN4OS/c1-2-13-17-15(19-18-13)22-12-8-5-9-20(14(12)21)11-7-4-3-6-10(11)16/h3-4,6-7,12H,2,5,8-9H2,1H3,(H,17,18,19). The first-order valence-electron chi connectivity index (χ1n) is 7.33. The molecule has 1 aromatic heterocycles. The molecule has 1 amide bonds. The number of rotatable bonds is 4. The van der Waals surface area contributed by atoms with Crippen LogP contribution in [0.3, 0.4) is 0 Å². The maximum absolute atomic E-state index is 12.7. The molecule has 1 aliphatic rings. The summed E-state index contributed by atoms with van der Waals surface area (Å²) in [7, 11) is 0. The lowest BCUT2D eigenvalue weighted by atomic mass is 10.1. The van der Waals surface area contributed by atoms with Gasteiger partial charge in [0.05, 0.1) is 16.0 Å². The van der Waals surface area contributed by atoms with Gasteiger partial charge in [0.2, 0.25) is 11.1 Å². The second-order valence-electron chi connectivity index (χ2n) is 5.11. The zero-order chi connectivity index (χ0) is 15.5. The second kappa shape index (κ2) is 6.71. The number of benzene rings is 1. The third-order valence-electron chi connectivity index (χ3n) is 3.63. The predicted octanol–water partition coefficient (Wildman–Crippen LogP) is 3.31. The van der Waals surface area contributed by atoms with E-state index in [-0.39, 0.29) is 11.2 Å². The lowest BCUT2D eigenvalue weighted by Crippen LogP contribution is -2.43. The van der Waals surface area contributed by atoms with Crippen LogP contribution in [0.15, 0.2) is 29.4 Å². The molecule has 0 bridgehead atoms. The van der Waals surface area contributed by atoms with Gasteiger partial charge in [-0.25, -0.2) is 4.98 Å². The number of H-pyrrole nitrogens is 1. The van der Waals surface area contributed by atoms with Gasteiger partial charge in [0, 0.05) is 13.0 Å². The highest BCUT2D eigenvalue weighted by molar-refractivity contribution is 8.00. The van der Waals surface area contributed by atoms with Gasteiger partial charge >= 0.3 is 0 Å². The fourth-order valence-electron chi connectivity index (χ4n) is 2.48. The number of anilines is 1. The van der Waals surface area contributed by atoms with Crippen molar-refractivity contribution >= 4 is 35.0 Å². The summed E-state index contributed by atoms with van der Waals surface area (Å²) >= 11 is 7.65. The van der Waals surface area contributed by atoms with Crippen LogP contribution in [0.2, 0.25) is 5.02 Å². The Morgan fingerprint density at radius 1 is 1.45 bits per heavy atom. The Bertz CT molecular complexity index is 675. The van der Waals surface area contributed by atoms with Crippen molar-refractivity contribution < 1.29 is 4.79 Å². The van der Waals surface area contributed by atoms with Crippen molar-refractivity contribution in [3.05, 3.63) is 35.1 Å². The number of nitrogens with one attached hydrogen (secondary N) is 1.